The number of benzene rings is 1. The molecular formula is C17H18FN3O2. The van der Waals surface area contributed by atoms with Crippen LogP contribution < -0.4 is 10.9 Å². The van der Waals surface area contributed by atoms with Crippen LogP contribution in [-0.2, 0) is 24.2 Å². The Hall–Kier alpha value is -2.50. The third-order valence-electron chi connectivity index (χ3n) is 4.01. The summed E-state index contributed by atoms with van der Waals surface area (Å²) in [4.78, 5) is 24.1. The molecule has 1 aliphatic rings. The van der Waals surface area contributed by atoms with E-state index in [4.69, 9.17) is 0 Å². The van der Waals surface area contributed by atoms with E-state index in [2.05, 4.69) is 17.3 Å². The van der Waals surface area contributed by atoms with E-state index in [9.17, 15) is 14.0 Å². The van der Waals surface area contributed by atoms with E-state index in [0.717, 1.165) is 30.5 Å². The highest BCUT2D eigenvalue weighted by Crippen LogP contribution is 2.22. The molecule has 1 N–H and O–H groups in total. The summed E-state index contributed by atoms with van der Waals surface area (Å²) in [7, 11) is 0. The SMILES string of the molecule is C[C@@H]1CCc2nn(CC(=O)Nc3cccc(F)c3)c(=O)cc2C1. The zero-order valence-corrected chi connectivity index (χ0v) is 12.9. The summed E-state index contributed by atoms with van der Waals surface area (Å²) in [5.41, 5.74) is 1.94. The van der Waals surface area contributed by atoms with Gasteiger partial charge < -0.3 is 5.32 Å². The lowest BCUT2D eigenvalue weighted by molar-refractivity contribution is -0.117. The molecule has 0 unspecified atom stereocenters. The monoisotopic (exact) mass is 315 g/mol. The summed E-state index contributed by atoms with van der Waals surface area (Å²) in [6.07, 6.45) is 2.71. The van der Waals surface area contributed by atoms with Crippen LogP contribution in [0, 0.1) is 11.7 Å². The van der Waals surface area contributed by atoms with Gasteiger partial charge in [0.2, 0.25) is 5.91 Å². The molecule has 23 heavy (non-hydrogen) atoms. The third kappa shape index (κ3) is 3.64. The first kappa shape index (κ1) is 15.4. The van der Waals surface area contributed by atoms with Crippen molar-refractivity contribution in [1.29, 1.82) is 0 Å². The lowest BCUT2D eigenvalue weighted by Gasteiger charge is -2.20. The van der Waals surface area contributed by atoms with Crippen molar-refractivity contribution >= 4 is 11.6 Å². The predicted molar refractivity (Wildman–Crippen MR) is 84.7 cm³/mol. The maximum atomic E-state index is 13.1. The molecule has 1 aromatic carbocycles. The molecular weight excluding hydrogens is 297 g/mol. The normalized spacial score (nSPS) is 16.7. The van der Waals surface area contributed by atoms with Crippen molar-refractivity contribution in [2.24, 2.45) is 5.92 Å². The molecule has 1 atom stereocenters. The molecule has 3 rings (SSSR count). The number of aryl methyl sites for hydroxylation is 1. The highest BCUT2D eigenvalue weighted by atomic mass is 19.1. The number of rotatable bonds is 3. The fourth-order valence-electron chi connectivity index (χ4n) is 2.83. The summed E-state index contributed by atoms with van der Waals surface area (Å²) < 4.78 is 14.3. The highest BCUT2D eigenvalue weighted by molar-refractivity contribution is 5.90. The Labute approximate surface area is 133 Å². The van der Waals surface area contributed by atoms with Gasteiger partial charge >= 0.3 is 0 Å². The van der Waals surface area contributed by atoms with Crippen LogP contribution in [0.1, 0.15) is 24.6 Å². The van der Waals surface area contributed by atoms with Crippen LogP contribution in [0.15, 0.2) is 35.1 Å². The number of nitrogens with one attached hydrogen (secondary N) is 1. The van der Waals surface area contributed by atoms with Crippen molar-refractivity contribution in [2.45, 2.75) is 32.7 Å². The number of carbonyl (C=O) groups is 1. The van der Waals surface area contributed by atoms with Gasteiger partial charge in [-0.2, -0.15) is 5.10 Å². The highest BCUT2D eigenvalue weighted by Gasteiger charge is 2.18. The quantitative estimate of drug-likeness (QED) is 0.944. The number of hydrogen-bond donors (Lipinski definition) is 1. The van der Waals surface area contributed by atoms with Crippen LogP contribution in [0.5, 0.6) is 0 Å². The number of amides is 1. The standard InChI is InChI=1S/C17H18FN3O2/c1-11-5-6-15-12(7-11)8-17(23)21(20-15)10-16(22)19-14-4-2-3-13(18)9-14/h2-4,8-9,11H,5-7,10H2,1H3,(H,19,22)/t11-/m1/s1. The number of aromatic nitrogens is 2. The second-order valence-corrected chi connectivity index (χ2v) is 6.02. The molecule has 1 amide bonds. The number of fused-ring (bicyclic) bond motifs is 1. The van der Waals surface area contributed by atoms with E-state index in [1.54, 1.807) is 12.1 Å². The van der Waals surface area contributed by atoms with Crippen LogP contribution >= 0.6 is 0 Å². The van der Waals surface area contributed by atoms with Crippen molar-refractivity contribution in [3.05, 3.63) is 57.8 Å². The zero-order chi connectivity index (χ0) is 16.4. The Balaban J connectivity index is 1.75. The summed E-state index contributed by atoms with van der Waals surface area (Å²) in [5.74, 6) is -0.286. The molecule has 2 aromatic rings. The number of halogens is 1. The minimum atomic E-state index is -0.430. The maximum Gasteiger partial charge on any atom is 0.267 e. The van der Waals surface area contributed by atoms with Gasteiger partial charge in [0.25, 0.3) is 5.56 Å². The number of carbonyl (C=O) groups excluding carboxylic acids is 1. The van der Waals surface area contributed by atoms with Crippen molar-refractivity contribution in [3.8, 4) is 0 Å². The second kappa shape index (κ2) is 6.32. The van der Waals surface area contributed by atoms with Gasteiger partial charge in [0, 0.05) is 11.8 Å². The molecule has 0 aliphatic heterocycles. The van der Waals surface area contributed by atoms with Crippen molar-refractivity contribution in [1.82, 2.24) is 9.78 Å². The van der Waals surface area contributed by atoms with Crippen LogP contribution in [0.2, 0.25) is 0 Å². The number of nitrogens with zero attached hydrogens (tertiary/aromatic N) is 2. The van der Waals surface area contributed by atoms with Gasteiger partial charge in [-0.15, -0.1) is 0 Å². The van der Waals surface area contributed by atoms with E-state index in [0.29, 0.717) is 11.6 Å². The molecule has 0 fully saturated rings. The summed E-state index contributed by atoms with van der Waals surface area (Å²) in [6.45, 7) is 1.97. The molecule has 120 valence electrons. The van der Waals surface area contributed by atoms with Gasteiger partial charge in [0.1, 0.15) is 12.4 Å². The van der Waals surface area contributed by atoms with Gasteiger partial charge in [-0.25, -0.2) is 9.07 Å². The first-order chi connectivity index (χ1) is 11.0. The minimum absolute atomic E-state index is 0.182. The van der Waals surface area contributed by atoms with Crippen LogP contribution in [0.25, 0.3) is 0 Å². The smallest absolute Gasteiger partial charge is 0.267 e. The maximum absolute atomic E-state index is 13.1. The average molecular weight is 315 g/mol. The van der Waals surface area contributed by atoms with Gasteiger partial charge in [0.05, 0.1) is 5.69 Å². The van der Waals surface area contributed by atoms with E-state index >= 15 is 0 Å². The van der Waals surface area contributed by atoms with Crippen molar-refractivity contribution < 1.29 is 9.18 Å². The van der Waals surface area contributed by atoms with E-state index < -0.39 is 11.7 Å². The van der Waals surface area contributed by atoms with Crippen molar-refractivity contribution in [2.75, 3.05) is 5.32 Å². The number of anilines is 1. The lowest BCUT2D eigenvalue weighted by atomic mass is 9.88. The largest absolute Gasteiger partial charge is 0.324 e. The molecule has 0 saturated carbocycles. The Morgan fingerprint density at radius 3 is 3.04 bits per heavy atom. The third-order valence-corrected chi connectivity index (χ3v) is 4.01. The summed E-state index contributed by atoms with van der Waals surface area (Å²) in [6, 6.07) is 7.20. The summed E-state index contributed by atoms with van der Waals surface area (Å²) >= 11 is 0. The second-order valence-electron chi connectivity index (χ2n) is 6.02. The lowest BCUT2D eigenvalue weighted by Crippen LogP contribution is -2.32. The first-order valence-electron chi connectivity index (χ1n) is 7.66. The molecule has 5 nitrogen and oxygen atoms in total. The van der Waals surface area contributed by atoms with Gasteiger partial charge in [0.15, 0.2) is 0 Å². The zero-order valence-electron chi connectivity index (χ0n) is 12.9. The average Bonchev–Trinajstić information content (AvgIpc) is 2.48. The Bertz CT molecular complexity index is 801. The van der Waals surface area contributed by atoms with Gasteiger partial charge in [-0.1, -0.05) is 13.0 Å². The van der Waals surface area contributed by atoms with Crippen molar-refractivity contribution in [3.63, 3.8) is 0 Å². The minimum Gasteiger partial charge on any atom is -0.324 e. The predicted octanol–water partition coefficient (Wildman–Crippen LogP) is 2.15. The fraction of sp³-hybridized carbons (Fsp3) is 0.353. The van der Waals surface area contributed by atoms with E-state index in [1.165, 1.54) is 22.9 Å². The molecule has 0 radical (unpaired) electrons. The van der Waals surface area contributed by atoms with Crippen LogP contribution in [0.4, 0.5) is 10.1 Å². The Morgan fingerprint density at radius 1 is 1.43 bits per heavy atom. The Kier molecular flexibility index (Phi) is 4.23. The molecule has 6 heteroatoms. The first-order valence-corrected chi connectivity index (χ1v) is 7.66. The van der Waals surface area contributed by atoms with Gasteiger partial charge in [-0.3, -0.25) is 9.59 Å². The van der Waals surface area contributed by atoms with E-state index in [1.807, 2.05) is 0 Å². The molecule has 1 heterocycles. The molecule has 0 bridgehead atoms. The molecule has 1 aliphatic carbocycles. The summed E-state index contributed by atoms with van der Waals surface area (Å²) in [5, 5.41) is 6.88. The van der Waals surface area contributed by atoms with Crippen LogP contribution in [-0.4, -0.2) is 15.7 Å². The fourth-order valence-corrected chi connectivity index (χ4v) is 2.83. The number of hydrogen-bond acceptors (Lipinski definition) is 3. The van der Waals surface area contributed by atoms with Crippen LogP contribution in [0.3, 0.4) is 0 Å². The van der Waals surface area contributed by atoms with Gasteiger partial charge in [-0.05, 0) is 48.9 Å². The Morgan fingerprint density at radius 2 is 2.26 bits per heavy atom. The molecule has 0 spiro atoms. The topological polar surface area (TPSA) is 64.0 Å². The van der Waals surface area contributed by atoms with E-state index in [-0.39, 0.29) is 12.1 Å². The molecule has 1 aromatic heterocycles. The molecule has 0 saturated heterocycles.